The Kier molecular flexibility index (Phi) is 4.07. The Morgan fingerprint density at radius 2 is 2.00 bits per heavy atom. The molecule has 2 rings (SSSR count). The van der Waals surface area contributed by atoms with Crippen molar-refractivity contribution in [1.82, 2.24) is 15.1 Å². The van der Waals surface area contributed by atoms with E-state index in [9.17, 15) is 14.4 Å². The third-order valence-electron chi connectivity index (χ3n) is 3.34. The molecule has 1 aliphatic carbocycles. The maximum Gasteiger partial charge on any atom is 0.242 e. The number of amides is 3. The van der Waals surface area contributed by atoms with Crippen LogP contribution in [0.5, 0.6) is 0 Å². The van der Waals surface area contributed by atoms with E-state index < -0.39 is 0 Å². The van der Waals surface area contributed by atoms with E-state index in [2.05, 4.69) is 5.32 Å². The van der Waals surface area contributed by atoms with Gasteiger partial charge in [-0.25, -0.2) is 0 Å². The summed E-state index contributed by atoms with van der Waals surface area (Å²) in [7, 11) is 0. The molecule has 0 radical (unpaired) electrons. The molecule has 0 unspecified atom stereocenters. The third-order valence-corrected chi connectivity index (χ3v) is 3.34. The number of carbonyl (C=O) groups excluding carboxylic acids is 3. The Bertz CT molecular complexity index is 391. The smallest absolute Gasteiger partial charge is 0.242 e. The van der Waals surface area contributed by atoms with Crippen LogP contribution in [0.3, 0.4) is 0 Å². The summed E-state index contributed by atoms with van der Waals surface area (Å²) in [5.74, 6) is -0.0484. The molecule has 1 heterocycles. The Labute approximate surface area is 113 Å². The number of hydrogen-bond acceptors (Lipinski definition) is 3. The molecule has 0 spiro atoms. The minimum absolute atomic E-state index is 0.0698. The van der Waals surface area contributed by atoms with Gasteiger partial charge in [-0.05, 0) is 26.7 Å². The standard InChI is InChI=1S/C13H21N3O3/c1-9(2)14-11(17)7-15-5-6-16(8-12(15)18)13(19)10-3-4-10/h9-10H,3-8H2,1-2H3,(H,14,17). The van der Waals surface area contributed by atoms with E-state index >= 15 is 0 Å². The number of nitrogens with one attached hydrogen (secondary N) is 1. The first-order valence-electron chi connectivity index (χ1n) is 6.83. The fourth-order valence-electron chi connectivity index (χ4n) is 2.19. The number of nitrogens with zero attached hydrogens (tertiary/aromatic N) is 2. The van der Waals surface area contributed by atoms with E-state index in [4.69, 9.17) is 0 Å². The number of piperazine rings is 1. The topological polar surface area (TPSA) is 69.7 Å². The second kappa shape index (κ2) is 5.59. The Morgan fingerprint density at radius 3 is 2.53 bits per heavy atom. The fraction of sp³-hybridized carbons (Fsp3) is 0.769. The SMILES string of the molecule is CC(C)NC(=O)CN1CCN(C(=O)C2CC2)CC1=O. The van der Waals surface area contributed by atoms with Crippen molar-refractivity contribution < 1.29 is 14.4 Å². The number of rotatable bonds is 4. The van der Waals surface area contributed by atoms with Crippen LogP contribution in [0.2, 0.25) is 0 Å². The highest BCUT2D eigenvalue weighted by Crippen LogP contribution is 2.31. The molecule has 1 saturated heterocycles. The van der Waals surface area contributed by atoms with Crippen LogP contribution < -0.4 is 5.32 Å². The van der Waals surface area contributed by atoms with Gasteiger partial charge in [0.1, 0.15) is 0 Å². The van der Waals surface area contributed by atoms with Gasteiger partial charge in [0, 0.05) is 25.0 Å². The third kappa shape index (κ3) is 3.68. The van der Waals surface area contributed by atoms with Crippen molar-refractivity contribution in [3.8, 4) is 0 Å². The maximum absolute atomic E-state index is 11.9. The van der Waals surface area contributed by atoms with Crippen molar-refractivity contribution >= 4 is 17.7 Å². The summed E-state index contributed by atoms with van der Waals surface area (Å²) in [6.07, 6.45) is 1.90. The molecule has 0 aromatic heterocycles. The second-order valence-corrected chi connectivity index (χ2v) is 5.57. The number of hydrogen-bond donors (Lipinski definition) is 1. The van der Waals surface area contributed by atoms with Crippen molar-refractivity contribution in [1.29, 1.82) is 0 Å². The Balaban J connectivity index is 1.81. The van der Waals surface area contributed by atoms with Gasteiger partial charge in [0.2, 0.25) is 17.7 Å². The predicted molar refractivity (Wildman–Crippen MR) is 69.2 cm³/mol. The highest BCUT2D eigenvalue weighted by molar-refractivity contribution is 5.90. The molecule has 1 aliphatic heterocycles. The second-order valence-electron chi connectivity index (χ2n) is 5.57. The van der Waals surface area contributed by atoms with Crippen LogP contribution in [-0.4, -0.2) is 59.7 Å². The molecule has 2 aliphatic rings. The van der Waals surface area contributed by atoms with Crippen molar-refractivity contribution in [3.05, 3.63) is 0 Å². The lowest BCUT2D eigenvalue weighted by molar-refractivity contribution is -0.147. The van der Waals surface area contributed by atoms with Crippen molar-refractivity contribution in [2.75, 3.05) is 26.2 Å². The molecule has 2 fully saturated rings. The van der Waals surface area contributed by atoms with Crippen LogP contribution in [0.15, 0.2) is 0 Å². The lowest BCUT2D eigenvalue weighted by Gasteiger charge is -2.34. The average molecular weight is 267 g/mol. The van der Waals surface area contributed by atoms with Gasteiger partial charge in [-0.1, -0.05) is 0 Å². The van der Waals surface area contributed by atoms with Gasteiger partial charge in [-0.2, -0.15) is 0 Å². The average Bonchev–Trinajstić information content (AvgIpc) is 3.13. The molecule has 6 nitrogen and oxygen atoms in total. The first-order chi connectivity index (χ1) is 8.97. The van der Waals surface area contributed by atoms with Crippen molar-refractivity contribution in [2.24, 2.45) is 5.92 Å². The maximum atomic E-state index is 11.9. The summed E-state index contributed by atoms with van der Waals surface area (Å²) in [6.45, 7) is 4.95. The Morgan fingerprint density at radius 1 is 1.32 bits per heavy atom. The van der Waals surface area contributed by atoms with Gasteiger partial charge >= 0.3 is 0 Å². The quantitative estimate of drug-likeness (QED) is 0.753. The Hall–Kier alpha value is -1.59. The van der Waals surface area contributed by atoms with Crippen molar-refractivity contribution in [3.63, 3.8) is 0 Å². The summed E-state index contributed by atoms with van der Waals surface area (Å²) in [6, 6.07) is 0.0698. The lowest BCUT2D eigenvalue weighted by Crippen LogP contribution is -2.55. The van der Waals surface area contributed by atoms with Gasteiger partial charge in [-0.3, -0.25) is 14.4 Å². The highest BCUT2D eigenvalue weighted by atomic mass is 16.2. The fourth-order valence-corrected chi connectivity index (χ4v) is 2.19. The van der Waals surface area contributed by atoms with Crippen LogP contribution in [0.25, 0.3) is 0 Å². The largest absolute Gasteiger partial charge is 0.352 e. The van der Waals surface area contributed by atoms with E-state index in [1.54, 1.807) is 4.90 Å². The minimum Gasteiger partial charge on any atom is -0.352 e. The highest BCUT2D eigenvalue weighted by Gasteiger charge is 2.36. The molecule has 0 aromatic rings. The van der Waals surface area contributed by atoms with E-state index in [1.807, 2.05) is 13.8 Å². The van der Waals surface area contributed by atoms with Crippen molar-refractivity contribution in [2.45, 2.75) is 32.7 Å². The molecular weight excluding hydrogens is 246 g/mol. The molecule has 19 heavy (non-hydrogen) atoms. The molecule has 1 saturated carbocycles. The first-order valence-corrected chi connectivity index (χ1v) is 6.83. The van der Waals surface area contributed by atoms with E-state index in [0.717, 1.165) is 12.8 Å². The normalized spacial score (nSPS) is 19.8. The van der Waals surface area contributed by atoms with E-state index in [-0.39, 0.29) is 42.8 Å². The summed E-state index contributed by atoms with van der Waals surface area (Å²) in [4.78, 5) is 38.5. The zero-order valence-electron chi connectivity index (χ0n) is 11.5. The zero-order valence-corrected chi connectivity index (χ0v) is 11.5. The molecule has 6 heteroatoms. The van der Waals surface area contributed by atoms with Crippen LogP contribution in [0, 0.1) is 5.92 Å². The van der Waals surface area contributed by atoms with E-state index in [1.165, 1.54) is 4.90 Å². The molecule has 1 N–H and O–H groups in total. The molecule has 0 atom stereocenters. The van der Waals surface area contributed by atoms with Gasteiger partial charge in [0.05, 0.1) is 13.1 Å². The van der Waals surface area contributed by atoms with Gasteiger partial charge in [0.25, 0.3) is 0 Å². The number of carbonyl (C=O) groups is 3. The lowest BCUT2D eigenvalue weighted by atomic mass is 10.2. The molecule has 3 amide bonds. The molecular formula is C13H21N3O3. The van der Waals surface area contributed by atoms with Gasteiger partial charge in [-0.15, -0.1) is 0 Å². The molecule has 0 aromatic carbocycles. The summed E-state index contributed by atoms with van der Waals surface area (Å²) in [5, 5.41) is 2.76. The molecule has 106 valence electrons. The summed E-state index contributed by atoms with van der Waals surface area (Å²) < 4.78 is 0. The van der Waals surface area contributed by atoms with Gasteiger partial charge in [0.15, 0.2) is 0 Å². The first kappa shape index (κ1) is 13.8. The molecule has 0 bridgehead atoms. The summed E-state index contributed by atoms with van der Waals surface area (Å²) in [5.41, 5.74) is 0. The van der Waals surface area contributed by atoms with Gasteiger partial charge < -0.3 is 15.1 Å². The van der Waals surface area contributed by atoms with Crippen LogP contribution >= 0.6 is 0 Å². The van der Waals surface area contributed by atoms with Crippen LogP contribution in [-0.2, 0) is 14.4 Å². The van der Waals surface area contributed by atoms with Crippen LogP contribution in [0.4, 0.5) is 0 Å². The summed E-state index contributed by atoms with van der Waals surface area (Å²) >= 11 is 0. The zero-order chi connectivity index (χ0) is 14.0. The predicted octanol–water partition coefficient (Wildman–Crippen LogP) is -0.408. The minimum atomic E-state index is -0.148. The van der Waals surface area contributed by atoms with Crippen LogP contribution in [0.1, 0.15) is 26.7 Å². The van der Waals surface area contributed by atoms with E-state index in [0.29, 0.717) is 13.1 Å². The monoisotopic (exact) mass is 267 g/mol.